The summed E-state index contributed by atoms with van der Waals surface area (Å²) in [5.41, 5.74) is -1.52. The van der Waals surface area contributed by atoms with Gasteiger partial charge in [-0.3, -0.25) is 4.79 Å². The van der Waals surface area contributed by atoms with E-state index in [0.717, 1.165) is 12.3 Å². The van der Waals surface area contributed by atoms with Crippen LogP contribution in [0, 0.1) is 5.92 Å². The predicted molar refractivity (Wildman–Crippen MR) is 106 cm³/mol. The lowest BCUT2D eigenvalue weighted by atomic mass is 9.97. The van der Waals surface area contributed by atoms with Crippen molar-refractivity contribution in [1.82, 2.24) is 15.6 Å². The average Bonchev–Trinajstić information content (AvgIpc) is 2.63. The molecule has 1 saturated heterocycles. The van der Waals surface area contributed by atoms with Gasteiger partial charge in [0.1, 0.15) is 11.4 Å². The first-order valence-corrected chi connectivity index (χ1v) is 9.97. The van der Waals surface area contributed by atoms with Crippen LogP contribution in [0.5, 0.6) is 0 Å². The van der Waals surface area contributed by atoms with Gasteiger partial charge >= 0.3 is 12.3 Å². The third-order valence-electron chi connectivity index (χ3n) is 4.33. The maximum atomic E-state index is 12.8. The number of ether oxygens (including phenoxy) is 1. The van der Waals surface area contributed by atoms with Crippen molar-refractivity contribution >= 4 is 29.4 Å². The van der Waals surface area contributed by atoms with Crippen LogP contribution in [0.4, 0.5) is 23.8 Å². The molecule has 0 spiro atoms. The number of nitrogens with zero attached hydrogens (tertiary/aromatic N) is 2. The Morgan fingerprint density at radius 1 is 1.27 bits per heavy atom. The monoisotopic (exact) mass is 450 g/mol. The molecule has 2 rings (SSSR count). The van der Waals surface area contributed by atoms with Crippen LogP contribution in [-0.4, -0.2) is 48.8 Å². The van der Waals surface area contributed by atoms with Gasteiger partial charge in [-0.2, -0.15) is 13.2 Å². The van der Waals surface area contributed by atoms with Crippen molar-refractivity contribution in [3.8, 4) is 0 Å². The number of amides is 2. The zero-order chi connectivity index (χ0) is 22.5. The Morgan fingerprint density at radius 3 is 2.53 bits per heavy atom. The molecular weight excluding hydrogens is 425 g/mol. The van der Waals surface area contributed by atoms with Crippen LogP contribution < -0.4 is 15.5 Å². The van der Waals surface area contributed by atoms with Gasteiger partial charge in [-0.15, -0.1) is 0 Å². The summed E-state index contributed by atoms with van der Waals surface area (Å²) < 4.78 is 43.5. The highest BCUT2D eigenvalue weighted by molar-refractivity contribution is 6.33. The van der Waals surface area contributed by atoms with E-state index in [0.29, 0.717) is 25.9 Å². The fraction of sp³-hybridized carbons (Fsp3) is 0.632. The van der Waals surface area contributed by atoms with Crippen molar-refractivity contribution in [2.24, 2.45) is 5.92 Å². The van der Waals surface area contributed by atoms with Gasteiger partial charge in [-0.1, -0.05) is 11.6 Å². The van der Waals surface area contributed by atoms with Gasteiger partial charge in [0.15, 0.2) is 0 Å². The van der Waals surface area contributed by atoms with Gasteiger partial charge in [0.25, 0.3) is 0 Å². The molecule has 1 fully saturated rings. The predicted octanol–water partition coefficient (Wildman–Crippen LogP) is 3.61. The van der Waals surface area contributed by atoms with Crippen molar-refractivity contribution < 1.29 is 27.5 Å². The van der Waals surface area contributed by atoms with Crippen molar-refractivity contribution in [2.75, 3.05) is 31.1 Å². The van der Waals surface area contributed by atoms with E-state index >= 15 is 0 Å². The summed E-state index contributed by atoms with van der Waals surface area (Å²) in [6.07, 6.45) is -3.03. The van der Waals surface area contributed by atoms with Crippen molar-refractivity contribution in [3.63, 3.8) is 0 Å². The second-order valence-electron chi connectivity index (χ2n) is 8.03. The van der Waals surface area contributed by atoms with Gasteiger partial charge in [-0.25, -0.2) is 9.78 Å². The summed E-state index contributed by atoms with van der Waals surface area (Å²) in [5, 5.41) is 5.20. The molecule has 1 aromatic heterocycles. The molecule has 0 saturated carbocycles. The van der Waals surface area contributed by atoms with Crippen molar-refractivity contribution in [1.29, 1.82) is 0 Å². The highest BCUT2D eigenvalue weighted by Gasteiger charge is 2.33. The lowest BCUT2D eigenvalue weighted by Gasteiger charge is -2.33. The number of hydrogen-bond acceptors (Lipinski definition) is 5. The van der Waals surface area contributed by atoms with E-state index in [1.807, 2.05) is 0 Å². The second kappa shape index (κ2) is 9.72. The van der Waals surface area contributed by atoms with Crippen LogP contribution in [0.3, 0.4) is 0 Å². The molecule has 0 aromatic carbocycles. The Kier molecular flexibility index (Phi) is 7.79. The van der Waals surface area contributed by atoms with Crippen LogP contribution in [0.1, 0.15) is 39.2 Å². The Hall–Kier alpha value is -2.23. The van der Waals surface area contributed by atoms with E-state index in [9.17, 15) is 22.8 Å². The molecule has 2 N–H and O–H groups in total. The summed E-state index contributed by atoms with van der Waals surface area (Å²) in [4.78, 5) is 29.6. The molecule has 30 heavy (non-hydrogen) atoms. The molecule has 0 radical (unpaired) electrons. The number of piperidine rings is 1. The fourth-order valence-electron chi connectivity index (χ4n) is 3.01. The number of nitrogens with one attached hydrogen (secondary N) is 2. The molecule has 0 aliphatic carbocycles. The first kappa shape index (κ1) is 24.0. The maximum Gasteiger partial charge on any atom is 0.417 e. The first-order valence-electron chi connectivity index (χ1n) is 9.59. The standard InChI is InChI=1S/C19H26ClF3N4O3/c1-18(2,3)30-17(29)25-7-6-24-16(28)12-5-4-8-27(11-12)15-14(20)9-13(10-26-15)19(21,22)23/h9-10,12H,4-8,11H2,1-3H3,(H,24,28)(H,25,29). The number of carbonyl (C=O) groups excluding carboxylic acids is 2. The quantitative estimate of drug-likeness (QED) is 0.669. The van der Waals surface area contributed by atoms with E-state index in [2.05, 4.69) is 15.6 Å². The maximum absolute atomic E-state index is 12.8. The summed E-state index contributed by atoms with van der Waals surface area (Å²) in [6.45, 7) is 6.53. The van der Waals surface area contributed by atoms with Gasteiger partial charge in [-0.05, 0) is 39.7 Å². The summed E-state index contributed by atoms with van der Waals surface area (Å²) in [5.74, 6) is -0.331. The number of alkyl halides is 3. The molecule has 1 aliphatic heterocycles. The molecule has 11 heteroatoms. The van der Waals surface area contributed by atoms with Gasteiger partial charge in [0, 0.05) is 32.4 Å². The number of alkyl carbamates (subject to hydrolysis) is 1. The number of aromatic nitrogens is 1. The lowest BCUT2D eigenvalue weighted by molar-refractivity contribution is -0.137. The highest BCUT2D eigenvalue weighted by Crippen LogP contribution is 2.34. The number of halogens is 4. The number of rotatable bonds is 5. The van der Waals surface area contributed by atoms with Crippen molar-refractivity contribution in [3.05, 3.63) is 22.8 Å². The number of hydrogen-bond donors (Lipinski definition) is 2. The minimum atomic E-state index is -4.52. The Balaban J connectivity index is 1.86. The summed E-state index contributed by atoms with van der Waals surface area (Å²) in [6, 6.07) is 0.843. The van der Waals surface area contributed by atoms with Crippen LogP contribution in [0.2, 0.25) is 5.02 Å². The topological polar surface area (TPSA) is 83.6 Å². The number of pyridine rings is 1. The van der Waals surface area contributed by atoms with E-state index < -0.39 is 23.4 Å². The average molecular weight is 451 g/mol. The molecule has 0 bridgehead atoms. The summed E-state index contributed by atoms with van der Waals surface area (Å²) >= 11 is 6.02. The molecule has 2 heterocycles. The zero-order valence-electron chi connectivity index (χ0n) is 17.1. The fourth-order valence-corrected chi connectivity index (χ4v) is 3.30. The van der Waals surface area contributed by atoms with Crippen LogP contribution in [0.15, 0.2) is 12.3 Å². The molecule has 168 valence electrons. The Labute approximate surface area is 178 Å². The SMILES string of the molecule is CC(C)(C)OC(=O)NCCNC(=O)C1CCCN(c2ncc(C(F)(F)F)cc2Cl)C1. The van der Waals surface area contributed by atoms with Crippen molar-refractivity contribution in [2.45, 2.75) is 45.4 Å². The Bertz CT molecular complexity index is 768. The third-order valence-corrected chi connectivity index (χ3v) is 4.61. The lowest BCUT2D eigenvalue weighted by Crippen LogP contribution is -2.45. The van der Waals surface area contributed by atoms with E-state index in [-0.39, 0.29) is 35.8 Å². The van der Waals surface area contributed by atoms with E-state index in [4.69, 9.17) is 16.3 Å². The minimum Gasteiger partial charge on any atom is -0.444 e. The molecule has 7 nitrogen and oxygen atoms in total. The van der Waals surface area contributed by atoms with Crippen LogP contribution in [0.25, 0.3) is 0 Å². The molecular formula is C19H26ClF3N4O3. The van der Waals surface area contributed by atoms with Gasteiger partial charge < -0.3 is 20.3 Å². The van der Waals surface area contributed by atoms with Gasteiger partial charge in [0.05, 0.1) is 16.5 Å². The second-order valence-corrected chi connectivity index (χ2v) is 8.44. The van der Waals surface area contributed by atoms with Crippen LogP contribution >= 0.6 is 11.6 Å². The minimum absolute atomic E-state index is 0.104. The number of anilines is 1. The molecule has 1 aromatic rings. The largest absolute Gasteiger partial charge is 0.444 e. The highest BCUT2D eigenvalue weighted by atomic mass is 35.5. The molecule has 1 atom stereocenters. The third kappa shape index (κ3) is 7.23. The Morgan fingerprint density at radius 2 is 1.93 bits per heavy atom. The molecule has 2 amide bonds. The zero-order valence-corrected chi connectivity index (χ0v) is 17.9. The van der Waals surface area contributed by atoms with E-state index in [1.165, 1.54) is 0 Å². The molecule has 1 unspecified atom stereocenters. The smallest absolute Gasteiger partial charge is 0.417 e. The van der Waals surface area contributed by atoms with Gasteiger partial charge in [0.2, 0.25) is 5.91 Å². The van der Waals surface area contributed by atoms with Crippen LogP contribution in [-0.2, 0) is 15.7 Å². The van der Waals surface area contributed by atoms with E-state index in [1.54, 1.807) is 25.7 Å². The summed E-state index contributed by atoms with van der Waals surface area (Å²) in [7, 11) is 0. The number of carbonyl (C=O) groups is 2. The molecule has 1 aliphatic rings. The first-order chi connectivity index (χ1) is 13.9. The normalized spacial score (nSPS) is 17.4.